The lowest BCUT2D eigenvalue weighted by atomic mass is 10.2. The average molecular weight is 286 g/mol. The van der Waals surface area contributed by atoms with Crippen LogP contribution in [0.2, 0.25) is 5.02 Å². The van der Waals surface area contributed by atoms with E-state index in [0.29, 0.717) is 10.8 Å². The second-order valence-corrected chi connectivity index (χ2v) is 4.58. The maximum atomic E-state index is 11.8. The Bertz CT molecular complexity index is 474. The maximum absolute atomic E-state index is 11.8. The smallest absolute Gasteiger partial charge is 0.342 e. The van der Waals surface area contributed by atoms with E-state index in [1.54, 1.807) is 12.1 Å². The van der Waals surface area contributed by atoms with Crippen molar-refractivity contribution < 1.29 is 19.1 Å². The number of ether oxygens (including phenoxy) is 2. The highest BCUT2D eigenvalue weighted by molar-refractivity contribution is 6.31. The molecule has 1 N–H and O–H groups in total. The molecule has 104 valence electrons. The third-order valence-electron chi connectivity index (χ3n) is 2.17. The van der Waals surface area contributed by atoms with Crippen LogP contribution in [-0.4, -0.2) is 31.6 Å². The fourth-order valence-electron chi connectivity index (χ4n) is 1.41. The summed E-state index contributed by atoms with van der Waals surface area (Å²) >= 11 is 5.81. The number of hydrogen-bond acceptors (Lipinski definition) is 4. The largest absolute Gasteiger partial charge is 0.496 e. The van der Waals surface area contributed by atoms with Gasteiger partial charge in [-0.25, -0.2) is 4.79 Å². The van der Waals surface area contributed by atoms with Crippen molar-refractivity contribution in [3.8, 4) is 5.75 Å². The van der Waals surface area contributed by atoms with Crippen LogP contribution in [-0.2, 0) is 9.53 Å². The zero-order valence-electron chi connectivity index (χ0n) is 11.0. The fraction of sp³-hybridized carbons (Fsp3) is 0.385. The minimum absolute atomic E-state index is 0.00749. The topological polar surface area (TPSA) is 64.6 Å². The first-order valence-corrected chi connectivity index (χ1v) is 6.12. The number of halogens is 1. The zero-order chi connectivity index (χ0) is 14.4. The van der Waals surface area contributed by atoms with E-state index in [-0.39, 0.29) is 24.1 Å². The summed E-state index contributed by atoms with van der Waals surface area (Å²) in [6.07, 6.45) is 0. The quantitative estimate of drug-likeness (QED) is 0.841. The highest BCUT2D eigenvalue weighted by Crippen LogP contribution is 2.23. The van der Waals surface area contributed by atoms with Gasteiger partial charge in [-0.15, -0.1) is 0 Å². The third-order valence-corrected chi connectivity index (χ3v) is 2.40. The standard InChI is InChI=1S/C13H16ClNO4/c1-8(2)15-12(16)7-19-13(17)10-6-9(14)4-5-11(10)18-3/h4-6,8H,7H2,1-3H3,(H,15,16). The molecule has 0 aliphatic carbocycles. The van der Waals surface area contributed by atoms with E-state index in [9.17, 15) is 9.59 Å². The average Bonchev–Trinajstić information content (AvgIpc) is 2.35. The van der Waals surface area contributed by atoms with Crippen molar-refractivity contribution in [2.75, 3.05) is 13.7 Å². The molecule has 1 rings (SSSR count). The molecule has 0 aromatic heterocycles. The van der Waals surface area contributed by atoms with Gasteiger partial charge in [-0.2, -0.15) is 0 Å². The van der Waals surface area contributed by atoms with Crippen LogP contribution >= 0.6 is 11.6 Å². The Morgan fingerprint density at radius 3 is 2.63 bits per heavy atom. The number of carbonyl (C=O) groups excluding carboxylic acids is 2. The summed E-state index contributed by atoms with van der Waals surface area (Å²) in [7, 11) is 1.44. The molecule has 0 spiro atoms. The predicted molar refractivity (Wildman–Crippen MR) is 71.6 cm³/mol. The van der Waals surface area contributed by atoms with Gasteiger partial charge in [0.15, 0.2) is 6.61 Å². The molecule has 0 unspecified atom stereocenters. The SMILES string of the molecule is COc1ccc(Cl)cc1C(=O)OCC(=O)NC(C)C. The molecule has 0 aliphatic rings. The van der Waals surface area contributed by atoms with E-state index < -0.39 is 5.97 Å². The molecule has 5 nitrogen and oxygen atoms in total. The maximum Gasteiger partial charge on any atom is 0.342 e. The van der Waals surface area contributed by atoms with Gasteiger partial charge in [-0.3, -0.25) is 4.79 Å². The monoisotopic (exact) mass is 285 g/mol. The molecule has 0 heterocycles. The number of nitrogens with one attached hydrogen (secondary N) is 1. The van der Waals surface area contributed by atoms with Crippen molar-refractivity contribution in [3.63, 3.8) is 0 Å². The number of amides is 1. The molecule has 0 bridgehead atoms. The van der Waals surface area contributed by atoms with Crippen molar-refractivity contribution >= 4 is 23.5 Å². The van der Waals surface area contributed by atoms with Crippen LogP contribution in [0, 0.1) is 0 Å². The second kappa shape index (κ2) is 6.99. The first kappa shape index (κ1) is 15.3. The van der Waals surface area contributed by atoms with Crippen LogP contribution in [0.25, 0.3) is 0 Å². The lowest BCUT2D eigenvalue weighted by Crippen LogP contribution is -2.34. The molecule has 1 aromatic carbocycles. The third kappa shape index (κ3) is 4.79. The summed E-state index contributed by atoms with van der Waals surface area (Å²) in [6.45, 7) is 3.30. The van der Waals surface area contributed by atoms with Crippen molar-refractivity contribution in [2.24, 2.45) is 0 Å². The summed E-state index contributed by atoms with van der Waals surface area (Å²) < 4.78 is 9.93. The van der Waals surface area contributed by atoms with Gasteiger partial charge in [0.25, 0.3) is 5.91 Å². The molecule has 0 aliphatic heterocycles. The number of esters is 1. The lowest BCUT2D eigenvalue weighted by molar-refractivity contribution is -0.124. The molecule has 0 saturated heterocycles. The number of rotatable bonds is 5. The van der Waals surface area contributed by atoms with Crippen LogP contribution in [0.4, 0.5) is 0 Å². The Labute approximate surface area is 116 Å². The summed E-state index contributed by atoms with van der Waals surface area (Å²) in [5, 5.41) is 3.00. The minimum atomic E-state index is -0.654. The van der Waals surface area contributed by atoms with Crippen LogP contribution in [0.15, 0.2) is 18.2 Å². The molecule has 1 amide bonds. The highest BCUT2D eigenvalue weighted by Gasteiger charge is 2.16. The van der Waals surface area contributed by atoms with E-state index in [0.717, 1.165) is 0 Å². The molecule has 0 fully saturated rings. The summed E-state index contributed by atoms with van der Waals surface area (Å²) in [5.74, 6) is -0.665. The molecule has 0 saturated carbocycles. The van der Waals surface area contributed by atoms with Gasteiger partial charge in [0.2, 0.25) is 0 Å². The first-order valence-electron chi connectivity index (χ1n) is 5.74. The van der Waals surface area contributed by atoms with E-state index >= 15 is 0 Å². The van der Waals surface area contributed by atoms with Gasteiger partial charge in [0, 0.05) is 11.1 Å². The van der Waals surface area contributed by atoms with Crippen molar-refractivity contribution in [1.82, 2.24) is 5.32 Å². The molecule has 19 heavy (non-hydrogen) atoms. The lowest BCUT2D eigenvalue weighted by Gasteiger charge is -2.10. The van der Waals surface area contributed by atoms with E-state index in [4.69, 9.17) is 21.1 Å². The van der Waals surface area contributed by atoms with Crippen molar-refractivity contribution in [1.29, 1.82) is 0 Å². The highest BCUT2D eigenvalue weighted by atomic mass is 35.5. The second-order valence-electron chi connectivity index (χ2n) is 4.14. The molecule has 1 aromatic rings. The van der Waals surface area contributed by atoms with Crippen LogP contribution in [0.1, 0.15) is 24.2 Å². The predicted octanol–water partition coefficient (Wildman–Crippen LogP) is 2.03. The molecule has 6 heteroatoms. The van der Waals surface area contributed by atoms with Gasteiger partial charge < -0.3 is 14.8 Å². The normalized spacial score (nSPS) is 10.2. The van der Waals surface area contributed by atoms with E-state index in [1.807, 2.05) is 13.8 Å². The van der Waals surface area contributed by atoms with Gasteiger partial charge in [-0.1, -0.05) is 11.6 Å². The van der Waals surface area contributed by atoms with Gasteiger partial charge >= 0.3 is 5.97 Å². The van der Waals surface area contributed by atoms with E-state index in [2.05, 4.69) is 5.32 Å². The summed E-state index contributed by atoms with van der Waals surface area (Å²) in [5.41, 5.74) is 0.187. The molecular formula is C13H16ClNO4. The number of hydrogen-bond donors (Lipinski definition) is 1. The van der Waals surface area contributed by atoms with Crippen molar-refractivity contribution in [2.45, 2.75) is 19.9 Å². The Morgan fingerprint density at radius 1 is 1.37 bits per heavy atom. The van der Waals surface area contributed by atoms with Gasteiger partial charge in [-0.05, 0) is 32.0 Å². The summed E-state index contributed by atoms with van der Waals surface area (Å²) in [4.78, 5) is 23.2. The Balaban J connectivity index is 2.68. The Kier molecular flexibility index (Phi) is 5.63. The fourth-order valence-corrected chi connectivity index (χ4v) is 1.58. The number of benzene rings is 1. The zero-order valence-corrected chi connectivity index (χ0v) is 11.8. The molecule has 0 radical (unpaired) electrons. The van der Waals surface area contributed by atoms with Crippen LogP contribution in [0.5, 0.6) is 5.75 Å². The van der Waals surface area contributed by atoms with Crippen LogP contribution < -0.4 is 10.1 Å². The van der Waals surface area contributed by atoms with Gasteiger partial charge in [0.1, 0.15) is 11.3 Å². The first-order chi connectivity index (χ1) is 8.93. The van der Waals surface area contributed by atoms with Crippen molar-refractivity contribution in [3.05, 3.63) is 28.8 Å². The molecule has 0 atom stereocenters. The number of carbonyl (C=O) groups is 2. The minimum Gasteiger partial charge on any atom is -0.496 e. The van der Waals surface area contributed by atoms with Crippen LogP contribution in [0.3, 0.4) is 0 Å². The Morgan fingerprint density at radius 2 is 2.05 bits per heavy atom. The van der Waals surface area contributed by atoms with E-state index in [1.165, 1.54) is 13.2 Å². The molecular weight excluding hydrogens is 270 g/mol. The number of methoxy groups -OCH3 is 1. The Hall–Kier alpha value is -1.75. The summed E-state index contributed by atoms with van der Waals surface area (Å²) in [6, 6.07) is 4.59. The van der Waals surface area contributed by atoms with Gasteiger partial charge in [0.05, 0.1) is 7.11 Å².